The smallest absolute Gasteiger partial charge is 0.409 e. The lowest BCUT2D eigenvalue weighted by Gasteiger charge is -2.35. The number of aliphatic hydroxyl groups excluding tert-OH is 2. The molecule has 0 saturated carbocycles. The van der Waals surface area contributed by atoms with Crippen molar-refractivity contribution in [3.05, 3.63) is 65.2 Å². The summed E-state index contributed by atoms with van der Waals surface area (Å²) in [6, 6.07) is 15.0. The van der Waals surface area contributed by atoms with Crippen LogP contribution in [0.3, 0.4) is 0 Å². The summed E-state index contributed by atoms with van der Waals surface area (Å²) < 4.78 is 11.2. The van der Waals surface area contributed by atoms with Crippen molar-refractivity contribution in [3.8, 4) is 5.75 Å². The molecule has 6 nitrogen and oxygen atoms in total. The van der Waals surface area contributed by atoms with Gasteiger partial charge in [0.2, 0.25) is 0 Å². The Morgan fingerprint density at radius 3 is 2.10 bits per heavy atom. The third kappa shape index (κ3) is 6.48. The van der Waals surface area contributed by atoms with Crippen LogP contribution in [-0.2, 0) is 18.0 Å². The highest BCUT2D eigenvalue weighted by Gasteiger charge is 2.28. The minimum absolute atomic E-state index is 0.139. The Bertz CT molecular complexity index is 763. The summed E-state index contributed by atoms with van der Waals surface area (Å²) >= 11 is 0. The summed E-state index contributed by atoms with van der Waals surface area (Å²) in [6.07, 6.45) is -0.144. The quantitative estimate of drug-likeness (QED) is 0.698. The average Bonchev–Trinajstić information content (AvgIpc) is 2.72. The molecule has 0 aliphatic carbocycles. The van der Waals surface area contributed by atoms with Gasteiger partial charge in [-0.05, 0) is 49.6 Å². The fourth-order valence-electron chi connectivity index (χ4n) is 3.16. The maximum absolute atomic E-state index is 12.2. The van der Waals surface area contributed by atoms with Crippen LogP contribution in [0.5, 0.6) is 5.75 Å². The topological polar surface area (TPSA) is 79.2 Å². The number of aliphatic hydroxyl groups is 2. The first kappa shape index (κ1) is 22.7. The average molecular weight is 402 g/mol. The molecular formula is C23H31NO5. The minimum atomic E-state index is -0.394. The van der Waals surface area contributed by atoms with Crippen LogP contribution in [0.4, 0.5) is 4.79 Å². The second-order valence-corrected chi connectivity index (χ2v) is 7.90. The third-order valence-corrected chi connectivity index (χ3v) is 4.66. The number of benzene rings is 2. The normalized spacial score (nSPS) is 12.3. The van der Waals surface area contributed by atoms with Crippen LogP contribution in [0.1, 0.15) is 50.0 Å². The van der Waals surface area contributed by atoms with Crippen molar-refractivity contribution in [1.29, 1.82) is 0 Å². The molecule has 158 valence electrons. The lowest BCUT2D eigenvalue weighted by atomic mass is 10.0. The Kier molecular flexibility index (Phi) is 8.05. The number of ether oxygens (including phenoxy) is 2. The molecule has 0 heterocycles. The number of rotatable bonds is 8. The molecule has 0 bridgehead atoms. The molecule has 6 heteroatoms. The highest BCUT2D eigenvalue weighted by Crippen LogP contribution is 2.28. The van der Waals surface area contributed by atoms with Gasteiger partial charge in [0, 0.05) is 18.5 Å². The van der Waals surface area contributed by atoms with Crippen LogP contribution in [0, 0.1) is 0 Å². The highest BCUT2D eigenvalue weighted by molar-refractivity contribution is 5.68. The van der Waals surface area contributed by atoms with Crippen LogP contribution in [0.2, 0.25) is 0 Å². The van der Waals surface area contributed by atoms with Gasteiger partial charge in [-0.3, -0.25) is 0 Å². The molecule has 0 saturated heterocycles. The second kappa shape index (κ2) is 10.3. The summed E-state index contributed by atoms with van der Waals surface area (Å²) in [7, 11) is 1.38. The largest absolute Gasteiger partial charge is 0.486 e. The van der Waals surface area contributed by atoms with Gasteiger partial charge in [0.25, 0.3) is 0 Å². The van der Waals surface area contributed by atoms with E-state index in [1.165, 1.54) is 7.11 Å². The van der Waals surface area contributed by atoms with Crippen LogP contribution >= 0.6 is 0 Å². The fraction of sp³-hybridized carbons (Fsp3) is 0.435. The molecule has 2 rings (SSSR count). The summed E-state index contributed by atoms with van der Waals surface area (Å²) in [6.45, 7) is 6.05. The zero-order valence-corrected chi connectivity index (χ0v) is 17.6. The molecule has 2 aromatic carbocycles. The zero-order valence-electron chi connectivity index (χ0n) is 17.6. The van der Waals surface area contributed by atoms with Gasteiger partial charge in [-0.25, -0.2) is 4.79 Å². The standard InChI is InChI=1S/C23H31NO5/c1-23(2,3)24(22(27)28-4)11-10-21(19-8-6-5-7-9-19)29-20-13-17(15-25)12-18(14-20)16-26/h5-9,12-14,21,25-26H,10-11,15-16H2,1-4H3. The number of methoxy groups -OCH3 is 1. The van der Waals surface area contributed by atoms with Crippen molar-refractivity contribution in [1.82, 2.24) is 4.90 Å². The number of nitrogens with zero attached hydrogens (tertiary/aromatic N) is 1. The molecule has 0 aromatic heterocycles. The molecule has 1 unspecified atom stereocenters. The minimum Gasteiger partial charge on any atom is -0.486 e. The number of hydrogen-bond donors (Lipinski definition) is 2. The predicted octanol–water partition coefficient (Wildman–Crippen LogP) is 4.05. The molecule has 0 spiro atoms. The Morgan fingerprint density at radius 2 is 1.62 bits per heavy atom. The van der Waals surface area contributed by atoms with E-state index in [-0.39, 0.29) is 25.4 Å². The van der Waals surface area contributed by atoms with Crippen molar-refractivity contribution >= 4 is 6.09 Å². The first-order valence-corrected chi connectivity index (χ1v) is 9.70. The van der Waals surface area contributed by atoms with Crippen LogP contribution in [0.15, 0.2) is 48.5 Å². The Morgan fingerprint density at radius 1 is 1.03 bits per heavy atom. The van der Waals surface area contributed by atoms with Crippen molar-refractivity contribution in [2.45, 2.75) is 52.0 Å². The highest BCUT2D eigenvalue weighted by atomic mass is 16.5. The molecule has 1 amide bonds. The Balaban J connectivity index is 2.28. The molecular weight excluding hydrogens is 370 g/mol. The first-order chi connectivity index (χ1) is 13.8. The third-order valence-electron chi connectivity index (χ3n) is 4.66. The van der Waals surface area contributed by atoms with Crippen molar-refractivity contribution in [2.75, 3.05) is 13.7 Å². The van der Waals surface area contributed by atoms with Gasteiger partial charge in [-0.1, -0.05) is 36.4 Å². The van der Waals surface area contributed by atoms with E-state index >= 15 is 0 Å². The maximum atomic E-state index is 12.2. The molecule has 0 fully saturated rings. The van der Waals surface area contributed by atoms with Gasteiger partial charge < -0.3 is 24.6 Å². The van der Waals surface area contributed by atoms with Crippen molar-refractivity contribution in [2.24, 2.45) is 0 Å². The van der Waals surface area contributed by atoms with E-state index < -0.39 is 5.54 Å². The van der Waals surface area contributed by atoms with Gasteiger partial charge in [0.05, 0.1) is 20.3 Å². The molecule has 0 aliphatic rings. The summed E-state index contributed by atoms with van der Waals surface area (Å²) in [5.74, 6) is 0.565. The molecule has 2 N–H and O–H groups in total. The van der Waals surface area contributed by atoms with Crippen LogP contribution in [0.25, 0.3) is 0 Å². The monoisotopic (exact) mass is 401 g/mol. The van der Waals surface area contributed by atoms with Gasteiger partial charge in [-0.2, -0.15) is 0 Å². The van der Waals surface area contributed by atoms with Gasteiger partial charge in [-0.15, -0.1) is 0 Å². The zero-order chi connectivity index (χ0) is 21.4. The number of carbonyl (C=O) groups excluding carboxylic acids is 1. The first-order valence-electron chi connectivity index (χ1n) is 9.70. The number of hydrogen-bond acceptors (Lipinski definition) is 5. The molecule has 0 aliphatic heterocycles. The van der Waals surface area contributed by atoms with E-state index in [0.29, 0.717) is 29.8 Å². The SMILES string of the molecule is COC(=O)N(CCC(Oc1cc(CO)cc(CO)c1)c1ccccc1)C(C)(C)C. The van der Waals surface area contributed by atoms with Crippen LogP contribution in [-0.4, -0.2) is 40.4 Å². The Labute approximate surface area is 172 Å². The van der Waals surface area contributed by atoms with Crippen molar-refractivity contribution < 1.29 is 24.5 Å². The van der Waals surface area contributed by atoms with E-state index in [4.69, 9.17) is 9.47 Å². The van der Waals surface area contributed by atoms with E-state index in [1.54, 1.807) is 23.1 Å². The van der Waals surface area contributed by atoms with Gasteiger partial charge in [0.1, 0.15) is 11.9 Å². The van der Waals surface area contributed by atoms with E-state index in [9.17, 15) is 15.0 Å². The molecule has 1 atom stereocenters. The van der Waals surface area contributed by atoms with Gasteiger partial charge in [0.15, 0.2) is 0 Å². The van der Waals surface area contributed by atoms with E-state index in [1.807, 2.05) is 51.1 Å². The van der Waals surface area contributed by atoms with E-state index in [2.05, 4.69) is 0 Å². The Hall–Kier alpha value is -2.57. The summed E-state index contributed by atoms with van der Waals surface area (Å²) in [5.41, 5.74) is 1.93. The maximum Gasteiger partial charge on any atom is 0.409 e. The van der Waals surface area contributed by atoms with Gasteiger partial charge >= 0.3 is 6.09 Å². The molecule has 0 radical (unpaired) electrons. The summed E-state index contributed by atoms with van der Waals surface area (Å²) in [5, 5.41) is 19.0. The molecule has 29 heavy (non-hydrogen) atoms. The van der Waals surface area contributed by atoms with Crippen LogP contribution < -0.4 is 4.74 Å². The number of amides is 1. The van der Waals surface area contributed by atoms with E-state index in [0.717, 1.165) is 5.56 Å². The second-order valence-electron chi connectivity index (χ2n) is 7.90. The predicted molar refractivity (Wildman–Crippen MR) is 112 cm³/mol. The number of carbonyl (C=O) groups is 1. The lowest BCUT2D eigenvalue weighted by molar-refractivity contribution is 0.0729. The summed E-state index contributed by atoms with van der Waals surface area (Å²) in [4.78, 5) is 13.9. The van der Waals surface area contributed by atoms with Crippen molar-refractivity contribution in [3.63, 3.8) is 0 Å². The molecule has 2 aromatic rings. The fourth-order valence-corrected chi connectivity index (χ4v) is 3.16. The lowest BCUT2D eigenvalue weighted by Crippen LogP contribution is -2.46.